The van der Waals surface area contributed by atoms with Crippen molar-refractivity contribution in [2.24, 2.45) is 0 Å². The average Bonchev–Trinajstić information content (AvgIpc) is 2.97. The average molecular weight is 273 g/mol. The largest absolute Gasteiger partial charge is 0.375 e. The topological polar surface area (TPSA) is 51.8 Å². The molecule has 0 aliphatic carbocycles. The number of nitrogen functional groups attached to an aromatic ring is 1. The summed E-state index contributed by atoms with van der Waals surface area (Å²) in [5.74, 6) is 0. The first kappa shape index (κ1) is 11.4. The molecule has 0 aliphatic rings. The maximum atomic E-state index is 5.65. The second-order valence-corrected chi connectivity index (χ2v) is 5.89. The maximum absolute atomic E-state index is 5.65. The summed E-state index contributed by atoms with van der Waals surface area (Å²) in [6, 6.07) is 8.34. The molecule has 0 aliphatic heterocycles. The van der Waals surface area contributed by atoms with Gasteiger partial charge in [-0.2, -0.15) is 0 Å². The Labute approximate surface area is 113 Å². The van der Waals surface area contributed by atoms with Crippen LogP contribution in [0.2, 0.25) is 0 Å². The number of aromatic nitrogens is 2. The van der Waals surface area contributed by atoms with Crippen molar-refractivity contribution in [3.8, 4) is 21.1 Å². The zero-order valence-corrected chi connectivity index (χ0v) is 11.4. The lowest BCUT2D eigenvalue weighted by Crippen LogP contribution is -1.80. The van der Waals surface area contributed by atoms with Crippen molar-refractivity contribution in [2.45, 2.75) is 6.92 Å². The number of benzene rings is 1. The van der Waals surface area contributed by atoms with Gasteiger partial charge in [-0.25, -0.2) is 9.97 Å². The predicted octanol–water partition coefficient (Wildman–Crippen LogP) is 3.82. The van der Waals surface area contributed by atoms with Gasteiger partial charge in [0.2, 0.25) is 0 Å². The van der Waals surface area contributed by atoms with Crippen LogP contribution in [-0.2, 0) is 0 Å². The Morgan fingerprint density at radius 2 is 2.17 bits per heavy atom. The van der Waals surface area contributed by atoms with Crippen LogP contribution in [0, 0.1) is 6.92 Å². The van der Waals surface area contributed by atoms with Crippen LogP contribution in [0.4, 0.5) is 5.13 Å². The van der Waals surface area contributed by atoms with E-state index in [-0.39, 0.29) is 0 Å². The first-order valence-corrected chi connectivity index (χ1v) is 7.16. The van der Waals surface area contributed by atoms with Crippen molar-refractivity contribution >= 4 is 27.8 Å². The number of anilines is 1. The molecule has 2 heterocycles. The summed E-state index contributed by atoms with van der Waals surface area (Å²) < 4.78 is 0. The fraction of sp³-hybridized carbons (Fsp3) is 0.0769. The van der Waals surface area contributed by atoms with E-state index in [4.69, 9.17) is 5.73 Å². The van der Waals surface area contributed by atoms with Crippen molar-refractivity contribution < 1.29 is 0 Å². The molecule has 2 N–H and O–H groups in total. The van der Waals surface area contributed by atoms with Crippen molar-refractivity contribution in [3.05, 3.63) is 41.4 Å². The predicted molar refractivity (Wildman–Crippen MR) is 77.8 cm³/mol. The highest BCUT2D eigenvalue weighted by atomic mass is 32.1. The lowest BCUT2D eigenvalue weighted by Gasteiger charge is -1.96. The molecule has 0 atom stereocenters. The number of aryl methyl sites for hydroxylation is 1. The summed E-state index contributed by atoms with van der Waals surface area (Å²) in [5, 5.41) is 3.57. The van der Waals surface area contributed by atoms with Crippen molar-refractivity contribution in [1.29, 1.82) is 0 Å². The van der Waals surface area contributed by atoms with E-state index in [9.17, 15) is 0 Å². The third-order valence-corrected chi connectivity index (χ3v) is 4.29. The fourth-order valence-electron chi connectivity index (χ4n) is 1.70. The van der Waals surface area contributed by atoms with E-state index in [2.05, 4.69) is 35.1 Å². The van der Waals surface area contributed by atoms with Gasteiger partial charge in [0.15, 0.2) is 5.13 Å². The van der Waals surface area contributed by atoms with Crippen LogP contribution in [-0.4, -0.2) is 9.97 Å². The quantitative estimate of drug-likeness (QED) is 0.772. The van der Waals surface area contributed by atoms with Gasteiger partial charge in [0.1, 0.15) is 5.01 Å². The molecule has 0 saturated carbocycles. The molecule has 0 radical (unpaired) electrons. The minimum atomic E-state index is 0.593. The smallest absolute Gasteiger partial charge is 0.180 e. The second kappa shape index (κ2) is 4.51. The molecule has 1 aromatic carbocycles. The molecule has 0 saturated heterocycles. The number of hydrogen-bond acceptors (Lipinski definition) is 5. The van der Waals surface area contributed by atoms with Crippen LogP contribution in [0.3, 0.4) is 0 Å². The molecule has 3 aromatic rings. The standard InChI is InChI=1S/C13H11N3S2/c1-8-3-2-4-9(5-8)12-15-6-11(18-12)10-7-17-13(14)16-10/h2-7H,1H3,(H2,14,16). The van der Waals surface area contributed by atoms with Gasteiger partial charge in [-0.15, -0.1) is 22.7 Å². The summed E-state index contributed by atoms with van der Waals surface area (Å²) in [6.45, 7) is 2.08. The monoisotopic (exact) mass is 273 g/mol. The van der Waals surface area contributed by atoms with E-state index < -0.39 is 0 Å². The lowest BCUT2D eigenvalue weighted by atomic mass is 10.1. The Morgan fingerprint density at radius 3 is 2.89 bits per heavy atom. The molecule has 0 spiro atoms. The van der Waals surface area contributed by atoms with Crippen LogP contribution in [0.25, 0.3) is 21.1 Å². The van der Waals surface area contributed by atoms with Crippen LogP contribution in [0.1, 0.15) is 5.56 Å². The van der Waals surface area contributed by atoms with Gasteiger partial charge in [-0.05, 0) is 13.0 Å². The normalized spacial score (nSPS) is 10.7. The van der Waals surface area contributed by atoms with Crippen LogP contribution >= 0.6 is 22.7 Å². The van der Waals surface area contributed by atoms with Crippen molar-refractivity contribution in [2.75, 3.05) is 5.73 Å². The molecule has 0 fully saturated rings. The Bertz CT molecular complexity index is 685. The second-order valence-electron chi connectivity index (χ2n) is 3.97. The van der Waals surface area contributed by atoms with Gasteiger partial charge in [0.25, 0.3) is 0 Å². The van der Waals surface area contributed by atoms with Gasteiger partial charge in [0.05, 0.1) is 10.6 Å². The molecule has 3 rings (SSSR count). The Morgan fingerprint density at radius 1 is 1.28 bits per heavy atom. The van der Waals surface area contributed by atoms with Crippen LogP contribution < -0.4 is 5.73 Å². The molecule has 90 valence electrons. The number of rotatable bonds is 2. The van der Waals surface area contributed by atoms with E-state index in [1.54, 1.807) is 11.3 Å². The Hall–Kier alpha value is -1.72. The highest BCUT2D eigenvalue weighted by Gasteiger charge is 2.09. The molecule has 5 heteroatoms. The lowest BCUT2D eigenvalue weighted by molar-refractivity contribution is 1.38. The van der Waals surface area contributed by atoms with E-state index >= 15 is 0 Å². The molecular formula is C13H11N3S2. The summed E-state index contributed by atoms with van der Waals surface area (Å²) in [7, 11) is 0. The van der Waals surface area contributed by atoms with Gasteiger partial charge >= 0.3 is 0 Å². The van der Waals surface area contributed by atoms with E-state index in [0.717, 1.165) is 21.1 Å². The fourth-order valence-corrected chi connectivity index (χ4v) is 3.22. The van der Waals surface area contributed by atoms with Crippen LogP contribution in [0.15, 0.2) is 35.8 Å². The maximum Gasteiger partial charge on any atom is 0.180 e. The summed E-state index contributed by atoms with van der Waals surface area (Å²) in [5.41, 5.74) is 8.94. The molecule has 18 heavy (non-hydrogen) atoms. The number of nitrogens with two attached hydrogens (primary N) is 1. The summed E-state index contributed by atoms with van der Waals surface area (Å²) in [4.78, 5) is 9.78. The zero-order valence-electron chi connectivity index (χ0n) is 9.75. The molecule has 0 unspecified atom stereocenters. The summed E-state index contributed by atoms with van der Waals surface area (Å²) in [6.07, 6.45) is 1.86. The molecule has 2 aromatic heterocycles. The minimum absolute atomic E-state index is 0.593. The number of thiazole rings is 2. The van der Waals surface area contributed by atoms with Gasteiger partial charge in [0, 0.05) is 17.1 Å². The minimum Gasteiger partial charge on any atom is -0.375 e. The van der Waals surface area contributed by atoms with Crippen LogP contribution in [0.5, 0.6) is 0 Å². The van der Waals surface area contributed by atoms with Crippen molar-refractivity contribution in [1.82, 2.24) is 9.97 Å². The van der Waals surface area contributed by atoms with Gasteiger partial charge < -0.3 is 5.73 Å². The molecule has 3 nitrogen and oxygen atoms in total. The number of nitrogens with zero attached hydrogens (tertiary/aromatic N) is 2. The summed E-state index contributed by atoms with van der Waals surface area (Å²) >= 11 is 3.09. The van der Waals surface area contributed by atoms with E-state index in [1.807, 2.05) is 17.6 Å². The van der Waals surface area contributed by atoms with Gasteiger partial charge in [-0.3, -0.25) is 0 Å². The third-order valence-electron chi connectivity index (χ3n) is 2.55. The number of hydrogen-bond donors (Lipinski definition) is 1. The first-order chi connectivity index (χ1) is 8.72. The highest BCUT2D eigenvalue weighted by Crippen LogP contribution is 2.33. The van der Waals surface area contributed by atoms with Gasteiger partial charge in [-0.1, -0.05) is 23.8 Å². The van der Waals surface area contributed by atoms with Crippen molar-refractivity contribution in [3.63, 3.8) is 0 Å². The molecule has 0 amide bonds. The van der Waals surface area contributed by atoms with E-state index in [1.165, 1.54) is 16.9 Å². The van der Waals surface area contributed by atoms with E-state index in [0.29, 0.717) is 5.13 Å². The zero-order chi connectivity index (χ0) is 12.5. The first-order valence-electron chi connectivity index (χ1n) is 5.46. The Kier molecular flexibility index (Phi) is 2.85. The molecular weight excluding hydrogens is 262 g/mol. The Balaban J connectivity index is 1.99. The molecule has 0 bridgehead atoms. The highest BCUT2D eigenvalue weighted by molar-refractivity contribution is 7.19. The third kappa shape index (κ3) is 2.14. The SMILES string of the molecule is Cc1cccc(-c2ncc(-c3csc(N)n3)s2)c1.